The van der Waals surface area contributed by atoms with Gasteiger partial charge >= 0.3 is 0 Å². The molecular formula is C16H21F2N. The van der Waals surface area contributed by atoms with Crippen molar-refractivity contribution in [3.8, 4) is 0 Å². The maximum absolute atomic E-state index is 14.2. The summed E-state index contributed by atoms with van der Waals surface area (Å²) in [5, 5.41) is 3.05. The van der Waals surface area contributed by atoms with Crippen LogP contribution in [0, 0.1) is 18.6 Å². The summed E-state index contributed by atoms with van der Waals surface area (Å²) in [6.45, 7) is 1.67. The van der Waals surface area contributed by atoms with E-state index in [9.17, 15) is 8.78 Å². The molecule has 3 heteroatoms. The molecule has 1 unspecified atom stereocenters. The topological polar surface area (TPSA) is 12.0 Å². The van der Waals surface area contributed by atoms with Crippen LogP contribution in [0.25, 0.3) is 0 Å². The maximum Gasteiger partial charge on any atom is 0.133 e. The van der Waals surface area contributed by atoms with E-state index in [0.29, 0.717) is 12.0 Å². The van der Waals surface area contributed by atoms with Gasteiger partial charge in [-0.05, 0) is 57.7 Å². The van der Waals surface area contributed by atoms with Gasteiger partial charge in [0.15, 0.2) is 0 Å². The van der Waals surface area contributed by atoms with E-state index in [4.69, 9.17) is 0 Å². The second kappa shape index (κ2) is 6.29. The van der Waals surface area contributed by atoms with Gasteiger partial charge in [0.25, 0.3) is 0 Å². The largest absolute Gasteiger partial charge is 0.313 e. The van der Waals surface area contributed by atoms with Crippen molar-refractivity contribution in [2.45, 2.75) is 45.1 Å². The molecule has 1 atom stereocenters. The van der Waals surface area contributed by atoms with Crippen molar-refractivity contribution in [1.29, 1.82) is 0 Å². The van der Waals surface area contributed by atoms with Crippen LogP contribution in [0.4, 0.5) is 8.78 Å². The van der Waals surface area contributed by atoms with Gasteiger partial charge in [0.1, 0.15) is 11.6 Å². The van der Waals surface area contributed by atoms with E-state index in [0.717, 1.165) is 12.8 Å². The Kier molecular flexibility index (Phi) is 4.70. The zero-order valence-corrected chi connectivity index (χ0v) is 11.6. The lowest BCUT2D eigenvalue weighted by atomic mass is 9.90. The van der Waals surface area contributed by atoms with E-state index in [-0.39, 0.29) is 11.6 Å². The van der Waals surface area contributed by atoms with Gasteiger partial charge in [0.2, 0.25) is 0 Å². The van der Waals surface area contributed by atoms with Crippen molar-refractivity contribution in [1.82, 2.24) is 5.32 Å². The Labute approximate surface area is 113 Å². The molecule has 19 heavy (non-hydrogen) atoms. The minimum Gasteiger partial charge on any atom is -0.313 e. The summed E-state index contributed by atoms with van der Waals surface area (Å²) < 4.78 is 28.1. The molecule has 1 aliphatic carbocycles. The minimum absolute atomic E-state index is 0.175. The van der Waals surface area contributed by atoms with E-state index >= 15 is 0 Å². The van der Waals surface area contributed by atoms with Crippen molar-refractivity contribution in [2.24, 2.45) is 0 Å². The van der Waals surface area contributed by atoms with Gasteiger partial charge in [-0.2, -0.15) is 0 Å². The van der Waals surface area contributed by atoms with Crippen molar-refractivity contribution >= 4 is 0 Å². The van der Waals surface area contributed by atoms with E-state index < -0.39 is 11.6 Å². The third-order valence-corrected chi connectivity index (χ3v) is 3.87. The number of allylic oxidation sites excluding steroid dienone is 1. The van der Waals surface area contributed by atoms with Crippen molar-refractivity contribution in [2.75, 3.05) is 7.05 Å². The van der Waals surface area contributed by atoms with Gasteiger partial charge in [-0.15, -0.1) is 0 Å². The van der Waals surface area contributed by atoms with Gasteiger partial charge in [-0.25, -0.2) is 8.78 Å². The van der Waals surface area contributed by atoms with E-state index in [1.165, 1.54) is 30.5 Å². The highest BCUT2D eigenvalue weighted by atomic mass is 19.1. The highest BCUT2D eigenvalue weighted by Gasteiger charge is 2.21. The number of hydrogen-bond donors (Lipinski definition) is 1. The van der Waals surface area contributed by atoms with Gasteiger partial charge in [0.05, 0.1) is 0 Å². The van der Waals surface area contributed by atoms with Crippen LogP contribution in [0.5, 0.6) is 0 Å². The van der Waals surface area contributed by atoms with E-state index in [2.05, 4.69) is 11.4 Å². The molecule has 2 rings (SSSR count). The second-order valence-corrected chi connectivity index (χ2v) is 5.25. The van der Waals surface area contributed by atoms with Crippen molar-refractivity contribution < 1.29 is 8.78 Å². The summed E-state index contributed by atoms with van der Waals surface area (Å²) in [4.78, 5) is 0. The van der Waals surface area contributed by atoms with Crippen LogP contribution >= 0.6 is 0 Å². The standard InChI is InChI=1S/C16H21F2N/c1-11-8-9-13(17)15(16(11)18)14(19-2)10-12-6-4-3-5-7-12/h6,8-9,14,19H,3-5,7,10H2,1-2H3. The molecule has 0 aliphatic heterocycles. The molecule has 1 aromatic carbocycles. The molecule has 0 radical (unpaired) electrons. The molecule has 0 amide bonds. The Hall–Kier alpha value is -1.22. The lowest BCUT2D eigenvalue weighted by molar-refractivity contribution is 0.478. The van der Waals surface area contributed by atoms with E-state index in [1.54, 1.807) is 14.0 Å². The van der Waals surface area contributed by atoms with E-state index in [1.807, 2.05) is 0 Å². The molecule has 0 bridgehead atoms. The molecule has 0 spiro atoms. The van der Waals surface area contributed by atoms with Crippen LogP contribution in [0.2, 0.25) is 0 Å². The third-order valence-electron chi connectivity index (χ3n) is 3.87. The number of benzene rings is 1. The first-order valence-corrected chi connectivity index (χ1v) is 6.93. The fourth-order valence-corrected chi connectivity index (χ4v) is 2.70. The lowest BCUT2D eigenvalue weighted by Crippen LogP contribution is -2.20. The normalized spacial score (nSPS) is 17.2. The average Bonchev–Trinajstić information content (AvgIpc) is 2.43. The van der Waals surface area contributed by atoms with Crippen LogP contribution in [0.1, 0.15) is 49.3 Å². The summed E-state index contributed by atoms with van der Waals surface area (Å²) in [6, 6.07) is 2.55. The van der Waals surface area contributed by atoms with Crippen LogP contribution in [0.15, 0.2) is 23.8 Å². The highest BCUT2D eigenvalue weighted by molar-refractivity contribution is 5.30. The Morgan fingerprint density at radius 2 is 2.05 bits per heavy atom. The van der Waals surface area contributed by atoms with Crippen LogP contribution in [-0.2, 0) is 0 Å². The number of rotatable bonds is 4. The van der Waals surface area contributed by atoms with Crippen LogP contribution < -0.4 is 5.32 Å². The number of nitrogens with one attached hydrogen (secondary N) is 1. The molecule has 0 saturated carbocycles. The first-order chi connectivity index (χ1) is 9.13. The monoisotopic (exact) mass is 265 g/mol. The summed E-state index contributed by atoms with van der Waals surface area (Å²) in [6.07, 6.45) is 7.45. The van der Waals surface area contributed by atoms with Gasteiger partial charge in [0, 0.05) is 11.6 Å². The number of halogens is 2. The lowest BCUT2D eigenvalue weighted by Gasteiger charge is -2.22. The molecule has 1 N–H and O–H groups in total. The predicted octanol–water partition coefficient (Wildman–Crippen LogP) is 4.42. The molecule has 0 heterocycles. The smallest absolute Gasteiger partial charge is 0.133 e. The van der Waals surface area contributed by atoms with Gasteiger partial charge < -0.3 is 5.32 Å². The molecular weight excluding hydrogens is 244 g/mol. The summed E-state index contributed by atoms with van der Waals surface area (Å²) in [7, 11) is 1.76. The minimum atomic E-state index is -0.459. The Balaban J connectivity index is 2.26. The fraction of sp³-hybridized carbons (Fsp3) is 0.500. The average molecular weight is 265 g/mol. The molecule has 1 aromatic rings. The predicted molar refractivity (Wildman–Crippen MR) is 74.1 cm³/mol. The Bertz CT molecular complexity index is 480. The van der Waals surface area contributed by atoms with Crippen molar-refractivity contribution in [3.63, 3.8) is 0 Å². The molecule has 1 nitrogen and oxygen atoms in total. The third kappa shape index (κ3) is 3.21. The quantitative estimate of drug-likeness (QED) is 0.794. The fourth-order valence-electron chi connectivity index (χ4n) is 2.70. The second-order valence-electron chi connectivity index (χ2n) is 5.25. The van der Waals surface area contributed by atoms with Crippen molar-refractivity contribution in [3.05, 3.63) is 46.5 Å². The zero-order valence-electron chi connectivity index (χ0n) is 11.6. The Morgan fingerprint density at radius 3 is 2.68 bits per heavy atom. The molecule has 0 saturated heterocycles. The summed E-state index contributed by atoms with van der Waals surface area (Å²) in [5.74, 6) is -0.880. The Morgan fingerprint density at radius 1 is 1.26 bits per heavy atom. The first kappa shape index (κ1) is 14.2. The molecule has 0 aromatic heterocycles. The molecule has 1 aliphatic rings. The zero-order chi connectivity index (χ0) is 13.8. The molecule has 0 fully saturated rings. The SMILES string of the molecule is CNC(CC1=CCCCC1)c1c(F)ccc(C)c1F. The number of aryl methyl sites for hydroxylation is 1. The van der Waals surface area contributed by atoms with Crippen LogP contribution in [0.3, 0.4) is 0 Å². The maximum atomic E-state index is 14.2. The summed E-state index contributed by atoms with van der Waals surface area (Å²) >= 11 is 0. The first-order valence-electron chi connectivity index (χ1n) is 6.93. The summed E-state index contributed by atoms with van der Waals surface area (Å²) in [5.41, 5.74) is 1.98. The van der Waals surface area contributed by atoms with Gasteiger partial charge in [-0.1, -0.05) is 17.7 Å². The molecule has 104 valence electrons. The number of hydrogen-bond acceptors (Lipinski definition) is 1. The highest BCUT2D eigenvalue weighted by Crippen LogP contribution is 2.31. The van der Waals surface area contributed by atoms with Crippen LogP contribution in [-0.4, -0.2) is 7.05 Å². The van der Waals surface area contributed by atoms with Gasteiger partial charge in [-0.3, -0.25) is 0 Å².